The van der Waals surface area contributed by atoms with Gasteiger partial charge >= 0.3 is 6.18 Å². The smallest absolute Gasteiger partial charge is 0.416 e. The highest BCUT2D eigenvalue weighted by Gasteiger charge is 2.31. The molecule has 0 radical (unpaired) electrons. The number of aromatic hydroxyl groups is 1. The zero-order chi connectivity index (χ0) is 12.3. The van der Waals surface area contributed by atoms with Gasteiger partial charge in [-0.05, 0) is 18.2 Å². The lowest BCUT2D eigenvalue weighted by molar-refractivity contribution is -0.137. The number of hydrogen-bond donors (Lipinski definition) is 3. The highest BCUT2D eigenvalue weighted by atomic mass is 19.4. The van der Waals surface area contributed by atoms with Crippen LogP contribution in [0.15, 0.2) is 18.2 Å². The fraction of sp³-hybridized carbons (Fsp3) is 0.222. The van der Waals surface area contributed by atoms with Gasteiger partial charge in [-0.15, -0.1) is 0 Å². The van der Waals surface area contributed by atoms with Crippen LogP contribution in [0, 0.1) is 0 Å². The third kappa shape index (κ3) is 2.86. The van der Waals surface area contributed by atoms with Crippen LogP contribution in [0.3, 0.4) is 0 Å². The molecule has 0 atom stereocenters. The third-order valence-electron chi connectivity index (χ3n) is 1.78. The summed E-state index contributed by atoms with van der Waals surface area (Å²) in [5, 5.41) is 11.3. The number of benzene rings is 1. The predicted octanol–water partition coefficient (Wildman–Crippen LogP) is 1.31. The molecule has 1 amide bonds. The van der Waals surface area contributed by atoms with Gasteiger partial charge in [0.25, 0.3) is 0 Å². The van der Waals surface area contributed by atoms with E-state index in [-0.39, 0.29) is 12.2 Å². The topological polar surface area (TPSA) is 75.4 Å². The lowest BCUT2D eigenvalue weighted by Gasteiger charge is -2.10. The van der Waals surface area contributed by atoms with Gasteiger partial charge in [0.15, 0.2) is 0 Å². The second kappa shape index (κ2) is 4.40. The molecule has 0 saturated heterocycles. The number of amides is 1. The van der Waals surface area contributed by atoms with Gasteiger partial charge in [-0.2, -0.15) is 13.2 Å². The van der Waals surface area contributed by atoms with Crippen molar-refractivity contribution in [2.75, 3.05) is 11.9 Å². The summed E-state index contributed by atoms with van der Waals surface area (Å²) in [6, 6.07) is 2.21. The molecular weight excluding hydrogens is 225 g/mol. The molecule has 7 heteroatoms. The molecule has 0 aliphatic rings. The van der Waals surface area contributed by atoms with Crippen molar-refractivity contribution < 1.29 is 23.1 Å². The first-order valence-electron chi connectivity index (χ1n) is 4.24. The molecule has 88 valence electrons. The molecule has 0 bridgehead atoms. The number of halogens is 3. The van der Waals surface area contributed by atoms with Crippen LogP contribution in [0.1, 0.15) is 5.56 Å². The maximum absolute atomic E-state index is 12.3. The molecule has 16 heavy (non-hydrogen) atoms. The molecule has 4 nitrogen and oxygen atoms in total. The van der Waals surface area contributed by atoms with Gasteiger partial charge in [0, 0.05) is 0 Å². The first-order valence-corrected chi connectivity index (χ1v) is 4.24. The van der Waals surface area contributed by atoms with Gasteiger partial charge in [-0.25, -0.2) is 0 Å². The molecule has 0 aromatic heterocycles. The number of carbonyl (C=O) groups is 1. The summed E-state index contributed by atoms with van der Waals surface area (Å²) < 4.78 is 36.9. The van der Waals surface area contributed by atoms with Gasteiger partial charge in [0.1, 0.15) is 5.75 Å². The van der Waals surface area contributed by atoms with Crippen LogP contribution in [-0.2, 0) is 11.0 Å². The zero-order valence-corrected chi connectivity index (χ0v) is 8.01. The number of phenolic OH excluding ortho intramolecular Hbond substituents is 1. The second-order valence-corrected chi connectivity index (χ2v) is 2.98. The molecule has 0 aliphatic carbocycles. The summed E-state index contributed by atoms with van der Waals surface area (Å²) in [6.07, 6.45) is -4.53. The number of alkyl halides is 3. The largest absolute Gasteiger partial charge is 0.506 e. The Labute approximate surface area is 88.9 Å². The number of hydrogen-bond acceptors (Lipinski definition) is 3. The summed E-state index contributed by atoms with van der Waals surface area (Å²) in [4.78, 5) is 10.9. The molecule has 0 aliphatic heterocycles. The average molecular weight is 234 g/mol. The van der Waals surface area contributed by atoms with Gasteiger partial charge in [-0.1, -0.05) is 0 Å². The maximum atomic E-state index is 12.3. The summed E-state index contributed by atoms with van der Waals surface area (Å²) >= 11 is 0. The summed E-state index contributed by atoms with van der Waals surface area (Å²) in [6.45, 7) is -0.379. The average Bonchev–Trinajstić information content (AvgIpc) is 2.19. The molecule has 0 heterocycles. The van der Waals surface area contributed by atoms with Crippen LogP contribution in [0.5, 0.6) is 5.75 Å². The van der Waals surface area contributed by atoms with E-state index in [0.29, 0.717) is 12.1 Å². The zero-order valence-electron chi connectivity index (χ0n) is 8.01. The van der Waals surface area contributed by atoms with E-state index in [1.165, 1.54) is 0 Å². The molecule has 4 N–H and O–H groups in total. The van der Waals surface area contributed by atoms with Crippen molar-refractivity contribution in [3.63, 3.8) is 0 Å². The SMILES string of the molecule is NCC(=O)Nc1cc(C(F)(F)F)ccc1O. The molecule has 1 aromatic rings. The molecule has 0 spiro atoms. The lowest BCUT2D eigenvalue weighted by atomic mass is 10.2. The van der Waals surface area contributed by atoms with E-state index >= 15 is 0 Å². The van der Waals surface area contributed by atoms with Crippen molar-refractivity contribution in [3.8, 4) is 5.75 Å². The van der Waals surface area contributed by atoms with E-state index in [1.807, 2.05) is 0 Å². The second-order valence-electron chi connectivity index (χ2n) is 2.98. The van der Waals surface area contributed by atoms with Crippen molar-refractivity contribution in [1.29, 1.82) is 0 Å². The predicted molar refractivity (Wildman–Crippen MR) is 50.8 cm³/mol. The standard InChI is InChI=1S/C9H9F3N2O2/c10-9(11,12)5-1-2-7(15)6(3-5)14-8(16)4-13/h1-3,15H,4,13H2,(H,14,16). The first-order chi connectivity index (χ1) is 7.34. The van der Waals surface area contributed by atoms with E-state index in [9.17, 15) is 23.1 Å². The summed E-state index contributed by atoms with van der Waals surface area (Å²) in [5.41, 5.74) is 3.70. The van der Waals surface area contributed by atoms with E-state index in [1.54, 1.807) is 0 Å². The van der Waals surface area contributed by atoms with Crippen molar-refractivity contribution in [2.45, 2.75) is 6.18 Å². The van der Waals surface area contributed by atoms with Crippen LogP contribution < -0.4 is 11.1 Å². The molecule has 0 fully saturated rings. The Morgan fingerprint density at radius 2 is 2.06 bits per heavy atom. The number of anilines is 1. The van der Waals surface area contributed by atoms with Crippen LogP contribution in [0.25, 0.3) is 0 Å². The summed E-state index contributed by atoms with van der Waals surface area (Å²) in [7, 11) is 0. The number of phenols is 1. The Bertz CT molecular complexity index is 404. The van der Waals surface area contributed by atoms with Crippen LogP contribution in [-0.4, -0.2) is 17.6 Å². The summed E-state index contributed by atoms with van der Waals surface area (Å²) in [5.74, 6) is -1.13. The quantitative estimate of drug-likeness (QED) is 0.675. The molecule has 1 aromatic carbocycles. The van der Waals surface area contributed by atoms with Crippen LogP contribution >= 0.6 is 0 Å². The Morgan fingerprint density at radius 3 is 2.56 bits per heavy atom. The fourth-order valence-electron chi connectivity index (χ4n) is 1.01. The molecule has 1 rings (SSSR count). The lowest BCUT2D eigenvalue weighted by Crippen LogP contribution is -2.22. The Kier molecular flexibility index (Phi) is 3.38. The van der Waals surface area contributed by atoms with E-state index in [4.69, 9.17) is 5.73 Å². The Balaban J connectivity index is 3.04. The van der Waals surface area contributed by atoms with Crippen molar-refractivity contribution in [2.24, 2.45) is 5.73 Å². The maximum Gasteiger partial charge on any atom is 0.416 e. The first kappa shape index (κ1) is 12.3. The van der Waals surface area contributed by atoms with E-state index < -0.39 is 23.4 Å². The highest BCUT2D eigenvalue weighted by Crippen LogP contribution is 2.34. The number of nitrogens with two attached hydrogens (primary N) is 1. The van der Waals surface area contributed by atoms with Crippen LogP contribution in [0.4, 0.5) is 18.9 Å². The molecule has 0 saturated carbocycles. The Morgan fingerprint density at radius 1 is 1.44 bits per heavy atom. The highest BCUT2D eigenvalue weighted by molar-refractivity contribution is 5.93. The Hall–Kier alpha value is -1.76. The molecule has 0 unspecified atom stereocenters. The number of nitrogens with one attached hydrogen (secondary N) is 1. The van der Waals surface area contributed by atoms with Gasteiger partial charge in [-0.3, -0.25) is 4.79 Å². The fourth-order valence-corrected chi connectivity index (χ4v) is 1.01. The normalized spacial score (nSPS) is 11.2. The van der Waals surface area contributed by atoms with E-state index in [2.05, 4.69) is 5.32 Å². The van der Waals surface area contributed by atoms with Gasteiger partial charge in [0.05, 0.1) is 17.8 Å². The minimum absolute atomic E-state index is 0.315. The number of rotatable bonds is 2. The van der Waals surface area contributed by atoms with Crippen molar-refractivity contribution >= 4 is 11.6 Å². The van der Waals surface area contributed by atoms with Crippen molar-refractivity contribution in [3.05, 3.63) is 23.8 Å². The third-order valence-corrected chi connectivity index (χ3v) is 1.78. The van der Waals surface area contributed by atoms with Gasteiger partial charge < -0.3 is 16.2 Å². The minimum atomic E-state index is -4.53. The minimum Gasteiger partial charge on any atom is -0.506 e. The number of carbonyl (C=O) groups excluding carboxylic acids is 1. The van der Waals surface area contributed by atoms with Crippen LogP contribution in [0.2, 0.25) is 0 Å². The van der Waals surface area contributed by atoms with E-state index in [0.717, 1.165) is 6.07 Å². The van der Waals surface area contributed by atoms with Gasteiger partial charge in [0.2, 0.25) is 5.91 Å². The molecular formula is C9H9F3N2O2. The van der Waals surface area contributed by atoms with Crippen molar-refractivity contribution in [1.82, 2.24) is 0 Å². The monoisotopic (exact) mass is 234 g/mol.